The van der Waals surface area contributed by atoms with E-state index in [-0.39, 0.29) is 29.2 Å². The standard InChI is InChI=1S/C18H27NO5/c1-4-23-15-11-14(18(15)9-5-6-10-18)19-16(20)12-7-8-13(24-12)17(21-2)22-3/h7-8,14-15,17H,4-6,9-11H2,1-3H3,(H,19,20)/t14-,15+/m0/s1. The van der Waals surface area contributed by atoms with Crippen molar-refractivity contribution in [2.45, 2.75) is 57.5 Å². The van der Waals surface area contributed by atoms with Crippen molar-refractivity contribution in [2.24, 2.45) is 5.41 Å². The van der Waals surface area contributed by atoms with Crippen LogP contribution in [0.3, 0.4) is 0 Å². The summed E-state index contributed by atoms with van der Waals surface area (Å²) in [5.74, 6) is 0.595. The van der Waals surface area contributed by atoms with Crippen molar-refractivity contribution in [2.75, 3.05) is 20.8 Å². The molecule has 0 aromatic carbocycles. The van der Waals surface area contributed by atoms with Gasteiger partial charge in [-0.1, -0.05) is 12.8 Å². The van der Waals surface area contributed by atoms with E-state index >= 15 is 0 Å². The third-order valence-electron chi connectivity index (χ3n) is 5.50. The molecule has 0 bridgehead atoms. The summed E-state index contributed by atoms with van der Waals surface area (Å²) in [5, 5.41) is 3.15. The maximum atomic E-state index is 12.5. The molecule has 6 heteroatoms. The number of nitrogens with one attached hydrogen (secondary N) is 1. The molecule has 2 aliphatic rings. The third kappa shape index (κ3) is 2.98. The van der Waals surface area contributed by atoms with Crippen molar-refractivity contribution >= 4 is 5.91 Å². The lowest BCUT2D eigenvalue weighted by Crippen LogP contribution is -2.63. The van der Waals surface area contributed by atoms with E-state index in [0.717, 1.165) is 25.9 Å². The van der Waals surface area contributed by atoms with E-state index in [1.165, 1.54) is 27.1 Å². The summed E-state index contributed by atoms with van der Waals surface area (Å²) in [4.78, 5) is 12.5. The summed E-state index contributed by atoms with van der Waals surface area (Å²) in [7, 11) is 3.06. The van der Waals surface area contributed by atoms with Gasteiger partial charge in [-0.05, 0) is 38.3 Å². The van der Waals surface area contributed by atoms with E-state index in [4.69, 9.17) is 18.6 Å². The highest BCUT2D eigenvalue weighted by molar-refractivity contribution is 5.91. The number of carbonyl (C=O) groups excluding carboxylic acids is 1. The molecule has 134 valence electrons. The van der Waals surface area contributed by atoms with Crippen LogP contribution in [0.2, 0.25) is 0 Å². The second kappa shape index (κ2) is 7.25. The van der Waals surface area contributed by atoms with Gasteiger partial charge >= 0.3 is 0 Å². The largest absolute Gasteiger partial charge is 0.451 e. The van der Waals surface area contributed by atoms with Gasteiger partial charge in [0.2, 0.25) is 6.29 Å². The lowest BCUT2D eigenvalue weighted by Gasteiger charge is -2.53. The Kier molecular flexibility index (Phi) is 5.27. The predicted molar refractivity (Wildman–Crippen MR) is 87.7 cm³/mol. The van der Waals surface area contributed by atoms with Gasteiger partial charge in [0.1, 0.15) is 0 Å². The minimum Gasteiger partial charge on any atom is -0.451 e. The summed E-state index contributed by atoms with van der Waals surface area (Å²) >= 11 is 0. The van der Waals surface area contributed by atoms with Gasteiger partial charge in [-0.15, -0.1) is 0 Å². The Hall–Kier alpha value is -1.37. The SMILES string of the molecule is CCO[C@@H]1C[C@H](NC(=O)c2ccc(C(OC)OC)o2)C12CCCC2. The first-order valence-corrected chi connectivity index (χ1v) is 8.72. The number of rotatable bonds is 7. The highest BCUT2D eigenvalue weighted by Crippen LogP contribution is 2.54. The Bertz CT molecular complexity index is 560. The second-order valence-electron chi connectivity index (χ2n) is 6.65. The van der Waals surface area contributed by atoms with Crippen LogP contribution in [-0.2, 0) is 14.2 Å². The molecule has 2 atom stereocenters. The molecule has 1 amide bonds. The third-order valence-corrected chi connectivity index (χ3v) is 5.50. The van der Waals surface area contributed by atoms with Gasteiger partial charge in [0.05, 0.1) is 6.10 Å². The number of furan rings is 1. The predicted octanol–water partition coefficient (Wildman–Crippen LogP) is 3.04. The average Bonchev–Trinajstić information content (AvgIpc) is 3.26. The molecule has 2 fully saturated rings. The molecule has 0 unspecified atom stereocenters. The lowest BCUT2D eigenvalue weighted by atomic mass is 9.60. The number of ether oxygens (including phenoxy) is 3. The summed E-state index contributed by atoms with van der Waals surface area (Å²) in [5.41, 5.74) is 0.114. The molecule has 1 aromatic rings. The lowest BCUT2D eigenvalue weighted by molar-refractivity contribution is -0.127. The van der Waals surface area contributed by atoms with Crippen LogP contribution in [-0.4, -0.2) is 38.9 Å². The Morgan fingerprint density at radius 2 is 2.04 bits per heavy atom. The second-order valence-corrected chi connectivity index (χ2v) is 6.65. The van der Waals surface area contributed by atoms with E-state index in [1.54, 1.807) is 12.1 Å². The highest BCUT2D eigenvalue weighted by Gasteiger charge is 2.57. The summed E-state index contributed by atoms with van der Waals surface area (Å²) in [6, 6.07) is 3.54. The molecule has 24 heavy (non-hydrogen) atoms. The first kappa shape index (κ1) is 17.5. The fraction of sp³-hybridized carbons (Fsp3) is 0.722. The van der Waals surface area contributed by atoms with Gasteiger partial charge in [-0.3, -0.25) is 4.79 Å². The van der Waals surface area contributed by atoms with Crippen molar-refractivity contribution in [3.8, 4) is 0 Å². The fourth-order valence-corrected chi connectivity index (χ4v) is 4.25. The first-order chi connectivity index (χ1) is 11.6. The minimum absolute atomic E-state index is 0.114. The van der Waals surface area contributed by atoms with Crippen LogP contribution in [0.15, 0.2) is 16.5 Å². The van der Waals surface area contributed by atoms with E-state index in [2.05, 4.69) is 5.32 Å². The molecule has 3 rings (SSSR count). The van der Waals surface area contributed by atoms with Crippen LogP contribution in [0.1, 0.15) is 61.6 Å². The molecular formula is C18H27NO5. The fourth-order valence-electron chi connectivity index (χ4n) is 4.25. The van der Waals surface area contributed by atoms with Crippen molar-refractivity contribution in [1.82, 2.24) is 5.32 Å². The van der Waals surface area contributed by atoms with Crippen molar-refractivity contribution < 1.29 is 23.4 Å². The van der Waals surface area contributed by atoms with Crippen molar-refractivity contribution in [1.29, 1.82) is 0 Å². The van der Waals surface area contributed by atoms with Crippen LogP contribution in [0.4, 0.5) is 0 Å². The number of carbonyl (C=O) groups is 1. The smallest absolute Gasteiger partial charge is 0.287 e. The minimum atomic E-state index is -0.598. The molecule has 0 radical (unpaired) electrons. The molecule has 0 aliphatic heterocycles. The van der Waals surface area contributed by atoms with E-state index < -0.39 is 6.29 Å². The normalized spacial score (nSPS) is 25.2. The van der Waals surface area contributed by atoms with Crippen LogP contribution in [0, 0.1) is 5.41 Å². The first-order valence-electron chi connectivity index (χ1n) is 8.72. The van der Waals surface area contributed by atoms with E-state index in [9.17, 15) is 4.79 Å². The van der Waals surface area contributed by atoms with E-state index in [1.807, 2.05) is 6.92 Å². The van der Waals surface area contributed by atoms with Gasteiger partial charge in [0.15, 0.2) is 11.5 Å². The molecule has 1 N–H and O–H groups in total. The number of methoxy groups -OCH3 is 2. The number of hydrogen-bond acceptors (Lipinski definition) is 5. The monoisotopic (exact) mass is 337 g/mol. The molecule has 2 saturated carbocycles. The maximum Gasteiger partial charge on any atom is 0.287 e. The van der Waals surface area contributed by atoms with Gasteiger partial charge < -0.3 is 23.9 Å². The highest BCUT2D eigenvalue weighted by atomic mass is 16.7. The summed E-state index contributed by atoms with van der Waals surface area (Å²) in [6.45, 7) is 2.75. The molecule has 1 aromatic heterocycles. The van der Waals surface area contributed by atoms with Gasteiger partial charge in [0.25, 0.3) is 5.91 Å². The molecule has 0 saturated heterocycles. The zero-order chi connectivity index (χ0) is 17.2. The Labute approximate surface area is 142 Å². The molecule has 2 aliphatic carbocycles. The number of hydrogen-bond donors (Lipinski definition) is 1. The topological polar surface area (TPSA) is 69.9 Å². The number of amides is 1. The van der Waals surface area contributed by atoms with Crippen molar-refractivity contribution in [3.63, 3.8) is 0 Å². The zero-order valence-corrected chi connectivity index (χ0v) is 14.7. The molecule has 1 spiro atoms. The molecule has 1 heterocycles. The zero-order valence-electron chi connectivity index (χ0n) is 14.7. The maximum absolute atomic E-state index is 12.5. The van der Waals surface area contributed by atoms with Crippen LogP contribution >= 0.6 is 0 Å². The summed E-state index contributed by atoms with van der Waals surface area (Å²) < 4.78 is 21.8. The molecule has 6 nitrogen and oxygen atoms in total. The van der Waals surface area contributed by atoms with Crippen LogP contribution < -0.4 is 5.32 Å². The van der Waals surface area contributed by atoms with Gasteiger partial charge in [-0.25, -0.2) is 0 Å². The Morgan fingerprint density at radius 1 is 1.33 bits per heavy atom. The van der Waals surface area contributed by atoms with E-state index in [0.29, 0.717) is 5.76 Å². The summed E-state index contributed by atoms with van der Waals surface area (Å²) in [6.07, 6.45) is 5.23. The quantitative estimate of drug-likeness (QED) is 0.775. The Balaban J connectivity index is 1.65. The van der Waals surface area contributed by atoms with Crippen LogP contribution in [0.25, 0.3) is 0 Å². The Morgan fingerprint density at radius 3 is 2.67 bits per heavy atom. The van der Waals surface area contributed by atoms with Gasteiger partial charge in [0, 0.05) is 32.3 Å². The van der Waals surface area contributed by atoms with Crippen LogP contribution in [0.5, 0.6) is 0 Å². The van der Waals surface area contributed by atoms with Crippen molar-refractivity contribution in [3.05, 3.63) is 23.7 Å². The molecular weight excluding hydrogens is 310 g/mol. The average molecular weight is 337 g/mol. The van der Waals surface area contributed by atoms with Gasteiger partial charge in [-0.2, -0.15) is 0 Å².